The number of nitrogens with zero attached hydrogens (tertiary/aromatic N) is 4. The number of ether oxygens (including phenoxy) is 2. The molecule has 9 heteroatoms. The second kappa shape index (κ2) is 7.49. The number of carbonyl (C=O) groups is 1. The highest BCUT2D eigenvalue weighted by Crippen LogP contribution is 2.34. The van der Waals surface area contributed by atoms with Crippen LogP contribution in [0, 0.1) is 0 Å². The van der Waals surface area contributed by atoms with Crippen LogP contribution in [0.5, 0.6) is 5.75 Å². The molecule has 0 unspecified atom stereocenters. The van der Waals surface area contributed by atoms with Crippen LogP contribution in [-0.4, -0.2) is 59.1 Å². The number of amides is 1. The minimum atomic E-state index is -0.602. The van der Waals surface area contributed by atoms with Crippen LogP contribution >= 0.6 is 11.3 Å². The van der Waals surface area contributed by atoms with E-state index in [1.807, 2.05) is 29.6 Å². The van der Waals surface area contributed by atoms with Gasteiger partial charge in [-0.15, -0.1) is 11.3 Å². The van der Waals surface area contributed by atoms with Crippen LogP contribution in [-0.2, 0) is 16.1 Å². The molecular weight excluding hydrogens is 392 g/mol. The topological polar surface area (TPSA) is 76.4 Å². The van der Waals surface area contributed by atoms with Crippen molar-refractivity contribution >= 4 is 27.9 Å². The lowest BCUT2D eigenvalue weighted by atomic mass is 10.1. The van der Waals surface area contributed by atoms with Crippen molar-refractivity contribution in [2.75, 3.05) is 37.7 Å². The summed E-state index contributed by atoms with van der Waals surface area (Å²) >= 11 is 1.42. The molecule has 1 fully saturated rings. The van der Waals surface area contributed by atoms with Gasteiger partial charge in [-0.05, 0) is 12.1 Å². The Morgan fingerprint density at radius 1 is 1.24 bits per heavy atom. The van der Waals surface area contributed by atoms with Crippen LogP contribution in [0.1, 0.15) is 5.69 Å². The second-order valence-corrected chi connectivity index (χ2v) is 7.91. The van der Waals surface area contributed by atoms with E-state index in [-0.39, 0.29) is 11.5 Å². The van der Waals surface area contributed by atoms with Crippen LogP contribution < -0.4 is 15.2 Å². The fourth-order valence-electron chi connectivity index (χ4n) is 3.74. The molecule has 2 aliphatic heterocycles. The zero-order chi connectivity index (χ0) is 19.8. The normalized spacial score (nSPS) is 19.1. The predicted molar refractivity (Wildman–Crippen MR) is 109 cm³/mol. The van der Waals surface area contributed by atoms with E-state index < -0.39 is 6.10 Å². The van der Waals surface area contributed by atoms with E-state index in [0.717, 1.165) is 5.69 Å². The SMILES string of the molecule is O=C([C@@H]1CN(Cc2cc(=O)n3ccsc3n2)c2ccccc2O1)N1CCOCC1. The van der Waals surface area contributed by atoms with E-state index in [2.05, 4.69) is 9.88 Å². The van der Waals surface area contributed by atoms with Crippen molar-refractivity contribution in [1.82, 2.24) is 14.3 Å². The van der Waals surface area contributed by atoms with E-state index in [0.29, 0.717) is 55.8 Å². The van der Waals surface area contributed by atoms with Crippen LogP contribution in [0.2, 0.25) is 0 Å². The largest absolute Gasteiger partial charge is 0.477 e. The maximum atomic E-state index is 13.0. The summed E-state index contributed by atoms with van der Waals surface area (Å²) in [6.07, 6.45) is 1.12. The first-order valence-corrected chi connectivity index (χ1v) is 10.4. The van der Waals surface area contributed by atoms with Gasteiger partial charge in [0.2, 0.25) is 0 Å². The highest BCUT2D eigenvalue weighted by atomic mass is 32.1. The molecule has 2 aromatic heterocycles. The minimum Gasteiger partial charge on any atom is -0.477 e. The van der Waals surface area contributed by atoms with Crippen molar-refractivity contribution in [2.24, 2.45) is 0 Å². The van der Waals surface area contributed by atoms with Gasteiger partial charge in [-0.1, -0.05) is 12.1 Å². The Morgan fingerprint density at radius 2 is 2.07 bits per heavy atom. The minimum absolute atomic E-state index is 0.0328. The van der Waals surface area contributed by atoms with E-state index >= 15 is 0 Å². The summed E-state index contributed by atoms with van der Waals surface area (Å²) in [4.78, 5) is 34.5. The third-order valence-electron chi connectivity index (χ3n) is 5.17. The molecule has 29 heavy (non-hydrogen) atoms. The summed E-state index contributed by atoms with van der Waals surface area (Å²) in [6.45, 7) is 3.08. The number of rotatable bonds is 3. The Balaban J connectivity index is 1.44. The Bertz CT molecular complexity index is 1110. The summed E-state index contributed by atoms with van der Waals surface area (Å²) in [5.41, 5.74) is 1.46. The number of hydrogen-bond acceptors (Lipinski definition) is 7. The lowest BCUT2D eigenvalue weighted by Gasteiger charge is -2.38. The smallest absolute Gasteiger partial charge is 0.265 e. The van der Waals surface area contributed by atoms with Crippen LogP contribution in [0.25, 0.3) is 4.96 Å². The monoisotopic (exact) mass is 412 g/mol. The Kier molecular flexibility index (Phi) is 4.69. The Labute approximate surface area is 170 Å². The molecule has 0 saturated carbocycles. The van der Waals surface area contributed by atoms with E-state index in [1.54, 1.807) is 17.2 Å². The third kappa shape index (κ3) is 3.47. The lowest BCUT2D eigenvalue weighted by Crippen LogP contribution is -2.52. The first-order valence-electron chi connectivity index (χ1n) is 9.52. The quantitative estimate of drug-likeness (QED) is 0.647. The molecule has 0 N–H and O–H groups in total. The van der Waals surface area contributed by atoms with Gasteiger partial charge in [0.25, 0.3) is 11.5 Å². The molecular formula is C20H20N4O4S. The van der Waals surface area contributed by atoms with Gasteiger partial charge >= 0.3 is 0 Å². The molecule has 3 aromatic rings. The summed E-state index contributed by atoms with van der Waals surface area (Å²) in [5.74, 6) is 0.633. The second-order valence-electron chi connectivity index (χ2n) is 7.03. The number of carbonyl (C=O) groups excluding carboxylic acids is 1. The van der Waals surface area contributed by atoms with E-state index in [9.17, 15) is 9.59 Å². The number of hydrogen-bond donors (Lipinski definition) is 0. The van der Waals surface area contributed by atoms with Crippen molar-refractivity contribution in [3.63, 3.8) is 0 Å². The lowest BCUT2D eigenvalue weighted by molar-refractivity contribution is -0.142. The molecule has 0 spiro atoms. The predicted octanol–water partition coefficient (Wildman–Crippen LogP) is 1.38. The molecule has 1 aromatic carbocycles. The molecule has 1 amide bonds. The molecule has 0 bridgehead atoms. The van der Waals surface area contributed by atoms with Crippen molar-refractivity contribution in [1.29, 1.82) is 0 Å². The first-order chi connectivity index (χ1) is 14.2. The molecule has 8 nitrogen and oxygen atoms in total. The van der Waals surface area contributed by atoms with Gasteiger partial charge in [-0.3, -0.25) is 14.0 Å². The average molecular weight is 412 g/mol. The van der Waals surface area contributed by atoms with Gasteiger partial charge in [0.1, 0.15) is 5.75 Å². The van der Waals surface area contributed by atoms with E-state index in [1.165, 1.54) is 15.7 Å². The number of benzene rings is 1. The zero-order valence-corrected chi connectivity index (χ0v) is 16.5. The number of para-hydroxylation sites is 2. The summed E-state index contributed by atoms with van der Waals surface area (Å²) in [6, 6.07) is 9.20. The first kappa shape index (κ1) is 18.1. The highest BCUT2D eigenvalue weighted by molar-refractivity contribution is 7.15. The molecule has 1 atom stereocenters. The third-order valence-corrected chi connectivity index (χ3v) is 5.93. The molecule has 150 valence electrons. The maximum absolute atomic E-state index is 13.0. The van der Waals surface area contributed by atoms with Crippen molar-refractivity contribution in [3.8, 4) is 5.75 Å². The number of fused-ring (bicyclic) bond motifs is 2. The van der Waals surface area contributed by atoms with Crippen molar-refractivity contribution in [3.05, 3.63) is 58.0 Å². The Morgan fingerprint density at radius 3 is 2.93 bits per heavy atom. The van der Waals surface area contributed by atoms with Crippen LogP contribution in [0.3, 0.4) is 0 Å². The summed E-state index contributed by atoms with van der Waals surface area (Å²) < 4.78 is 12.9. The Hall–Kier alpha value is -2.91. The molecule has 4 heterocycles. The highest BCUT2D eigenvalue weighted by Gasteiger charge is 2.34. The molecule has 5 rings (SSSR count). The number of thiazole rings is 1. The number of morpholine rings is 1. The zero-order valence-electron chi connectivity index (χ0n) is 15.7. The van der Waals surface area contributed by atoms with Gasteiger partial charge in [0, 0.05) is 30.7 Å². The van der Waals surface area contributed by atoms with E-state index in [4.69, 9.17) is 9.47 Å². The maximum Gasteiger partial charge on any atom is 0.265 e. The van der Waals surface area contributed by atoms with Gasteiger partial charge in [0.15, 0.2) is 11.1 Å². The molecule has 0 radical (unpaired) electrons. The average Bonchev–Trinajstić information content (AvgIpc) is 3.23. The number of aromatic nitrogens is 2. The number of anilines is 1. The fraction of sp³-hybridized carbons (Fsp3) is 0.350. The fourth-order valence-corrected chi connectivity index (χ4v) is 4.48. The standard InChI is InChI=1S/C20H20N4O4S/c25-18-11-14(21-20-24(18)7-10-29-20)12-23-13-17(19(26)22-5-8-27-9-6-22)28-16-4-2-1-3-15(16)23/h1-4,7,10-11,17H,5-6,8-9,12-13H2/t17-/m0/s1. The summed E-state index contributed by atoms with van der Waals surface area (Å²) in [7, 11) is 0. The van der Waals surface area contributed by atoms with Gasteiger partial charge in [-0.2, -0.15) is 0 Å². The van der Waals surface area contributed by atoms with Crippen LogP contribution in [0.15, 0.2) is 46.7 Å². The van der Waals surface area contributed by atoms with Crippen molar-refractivity contribution in [2.45, 2.75) is 12.6 Å². The molecule has 1 saturated heterocycles. The van der Waals surface area contributed by atoms with Gasteiger partial charge in [0.05, 0.1) is 37.7 Å². The van der Waals surface area contributed by atoms with Gasteiger partial charge < -0.3 is 19.3 Å². The van der Waals surface area contributed by atoms with Gasteiger partial charge in [-0.25, -0.2) is 4.98 Å². The van der Waals surface area contributed by atoms with Crippen LogP contribution in [0.4, 0.5) is 5.69 Å². The van der Waals surface area contributed by atoms with Crippen molar-refractivity contribution < 1.29 is 14.3 Å². The molecule has 2 aliphatic rings. The molecule has 0 aliphatic carbocycles. The summed E-state index contributed by atoms with van der Waals surface area (Å²) in [5, 5.41) is 1.84.